The van der Waals surface area contributed by atoms with Gasteiger partial charge in [0.2, 0.25) is 0 Å². The third-order valence-corrected chi connectivity index (χ3v) is 2.37. The van der Waals surface area contributed by atoms with Crippen LogP contribution < -0.4 is 5.32 Å². The number of rotatable bonds is 0. The van der Waals surface area contributed by atoms with E-state index in [1.165, 1.54) is 6.07 Å². The van der Waals surface area contributed by atoms with Gasteiger partial charge in [-0.25, -0.2) is 8.78 Å². The smallest absolute Gasteiger partial charge is 0.276 e. The van der Waals surface area contributed by atoms with Gasteiger partial charge in [0, 0.05) is 29.2 Å². The summed E-state index contributed by atoms with van der Waals surface area (Å²) in [6.45, 7) is 0.307. The lowest BCUT2D eigenvalue weighted by atomic mass is 10.00. The first-order chi connectivity index (χ1) is 6.09. The van der Waals surface area contributed by atoms with Gasteiger partial charge in [0.15, 0.2) is 0 Å². The van der Waals surface area contributed by atoms with E-state index in [2.05, 4.69) is 5.32 Å². The number of nitrogens with one attached hydrogen (secondary N) is 1. The molecule has 1 aliphatic rings. The molecule has 1 nitrogen and oxygen atoms in total. The molecule has 0 unspecified atom stereocenters. The van der Waals surface area contributed by atoms with E-state index in [-0.39, 0.29) is 12.0 Å². The average molecular weight is 204 g/mol. The van der Waals surface area contributed by atoms with E-state index in [0.717, 1.165) is 0 Å². The van der Waals surface area contributed by atoms with Crippen LogP contribution in [0.4, 0.5) is 14.5 Å². The maximum atomic E-state index is 13.3. The molecule has 1 N–H and O–H groups in total. The summed E-state index contributed by atoms with van der Waals surface area (Å²) in [4.78, 5) is 0. The number of halogens is 3. The standard InChI is InChI=1S/C9H8ClF2N/c10-6-1-2-8-7(5-6)9(11,12)3-4-13-8/h1-2,5,13H,3-4H2. The van der Waals surface area contributed by atoms with Crippen LogP contribution in [-0.2, 0) is 5.92 Å². The summed E-state index contributed by atoms with van der Waals surface area (Å²) in [7, 11) is 0. The van der Waals surface area contributed by atoms with Crippen LogP contribution in [-0.4, -0.2) is 6.54 Å². The summed E-state index contributed by atoms with van der Waals surface area (Å²) in [6.07, 6.45) is -0.166. The van der Waals surface area contributed by atoms with Gasteiger partial charge < -0.3 is 5.32 Å². The molecule has 0 saturated heterocycles. The Morgan fingerprint density at radius 1 is 1.38 bits per heavy atom. The highest BCUT2D eigenvalue weighted by Crippen LogP contribution is 2.40. The Morgan fingerprint density at radius 3 is 2.92 bits per heavy atom. The van der Waals surface area contributed by atoms with Crippen LogP contribution in [0.1, 0.15) is 12.0 Å². The topological polar surface area (TPSA) is 12.0 Å². The molecule has 1 aliphatic heterocycles. The monoisotopic (exact) mass is 203 g/mol. The van der Waals surface area contributed by atoms with Crippen LogP contribution in [0.25, 0.3) is 0 Å². The summed E-state index contributed by atoms with van der Waals surface area (Å²) in [5.74, 6) is -2.74. The molecule has 1 aromatic rings. The Hall–Kier alpha value is -0.830. The lowest BCUT2D eigenvalue weighted by Crippen LogP contribution is -2.25. The zero-order valence-corrected chi connectivity index (χ0v) is 7.54. The van der Waals surface area contributed by atoms with Crippen molar-refractivity contribution in [3.05, 3.63) is 28.8 Å². The van der Waals surface area contributed by atoms with Gasteiger partial charge in [-0.1, -0.05) is 11.6 Å². The molecule has 0 bridgehead atoms. The maximum Gasteiger partial charge on any atom is 0.276 e. The minimum absolute atomic E-state index is 0.00579. The third-order valence-electron chi connectivity index (χ3n) is 2.13. The number of hydrogen-bond acceptors (Lipinski definition) is 1. The zero-order valence-electron chi connectivity index (χ0n) is 6.78. The first kappa shape index (κ1) is 8.75. The highest BCUT2D eigenvalue weighted by atomic mass is 35.5. The normalized spacial score (nSPS) is 19.0. The lowest BCUT2D eigenvalue weighted by Gasteiger charge is -2.26. The van der Waals surface area contributed by atoms with Gasteiger partial charge in [-0.2, -0.15) is 0 Å². The maximum absolute atomic E-state index is 13.3. The fourth-order valence-electron chi connectivity index (χ4n) is 1.46. The Labute approximate surface area is 79.7 Å². The third kappa shape index (κ3) is 1.48. The molecule has 1 heterocycles. The molecule has 1 aromatic carbocycles. The van der Waals surface area contributed by atoms with Gasteiger partial charge in [-0.3, -0.25) is 0 Å². The van der Waals surface area contributed by atoms with E-state index in [1.807, 2.05) is 0 Å². The predicted octanol–water partition coefficient (Wildman–Crippen LogP) is 3.25. The van der Waals surface area contributed by atoms with Crippen molar-refractivity contribution in [2.45, 2.75) is 12.3 Å². The van der Waals surface area contributed by atoms with Gasteiger partial charge in [-0.05, 0) is 18.2 Å². The second-order valence-electron chi connectivity index (χ2n) is 3.07. The first-order valence-corrected chi connectivity index (χ1v) is 4.39. The molecule has 0 aromatic heterocycles. The lowest BCUT2D eigenvalue weighted by molar-refractivity contribution is -0.0122. The molecule has 0 spiro atoms. The fourth-order valence-corrected chi connectivity index (χ4v) is 1.63. The Bertz CT molecular complexity index is 338. The first-order valence-electron chi connectivity index (χ1n) is 4.01. The van der Waals surface area contributed by atoms with Gasteiger partial charge in [-0.15, -0.1) is 0 Å². The molecule has 0 fully saturated rings. The number of hydrogen-bond donors (Lipinski definition) is 1. The van der Waals surface area contributed by atoms with Crippen molar-refractivity contribution >= 4 is 17.3 Å². The van der Waals surface area contributed by atoms with Crippen LogP contribution in [0.2, 0.25) is 5.02 Å². The molecule has 0 atom stereocenters. The van der Waals surface area contributed by atoms with Gasteiger partial charge in [0.1, 0.15) is 0 Å². The van der Waals surface area contributed by atoms with Crippen molar-refractivity contribution in [3.8, 4) is 0 Å². The summed E-state index contributed by atoms with van der Waals surface area (Å²) in [5.41, 5.74) is 0.493. The van der Waals surface area contributed by atoms with E-state index in [1.54, 1.807) is 12.1 Å². The average Bonchev–Trinajstić information content (AvgIpc) is 2.06. The molecule has 0 radical (unpaired) electrons. The Balaban J connectivity index is 2.55. The summed E-state index contributed by atoms with van der Waals surface area (Å²) in [5, 5.41) is 3.26. The van der Waals surface area contributed by atoms with Crippen LogP contribution in [0.5, 0.6) is 0 Å². The number of benzene rings is 1. The minimum Gasteiger partial charge on any atom is -0.384 e. The fraction of sp³-hybridized carbons (Fsp3) is 0.333. The second-order valence-corrected chi connectivity index (χ2v) is 3.51. The quantitative estimate of drug-likeness (QED) is 0.683. The van der Waals surface area contributed by atoms with Crippen molar-refractivity contribution in [3.63, 3.8) is 0 Å². The van der Waals surface area contributed by atoms with Crippen molar-refractivity contribution in [2.24, 2.45) is 0 Å². The van der Waals surface area contributed by atoms with E-state index < -0.39 is 5.92 Å². The number of alkyl halides is 2. The summed E-state index contributed by atoms with van der Waals surface area (Å²) < 4.78 is 26.6. The Morgan fingerprint density at radius 2 is 2.15 bits per heavy atom. The van der Waals surface area contributed by atoms with Crippen LogP contribution >= 0.6 is 11.6 Å². The summed E-state index contributed by atoms with van der Waals surface area (Å²) >= 11 is 5.64. The highest BCUT2D eigenvalue weighted by Gasteiger charge is 2.36. The zero-order chi connectivity index (χ0) is 9.47. The molecular weight excluding hydrogens is 196 g/mol. The molecule has 0 aliphatic carbocycles. The van der Waals surface area contributed by atoms with Crippen LogP contribution in [0.3, 0.4) is 0 Å². The minimum atomic E-state index is -2.74. The molecule has 4 heteroatoms. The van der Waals surface area contributed by atoms with Gasteiger partial charge >= 0.3 is 0 Å². The van der Waals surface area contributed by atoms with E-state index in [9.17, 15) is 8.78 Å². The molecule has 0 saturated carbocycles. The predicted molar refractivity (Wildman–Crippen MR) is 48.5 cm³/mol. The van der Waals surface area contributed by atoms with Gasteiger partial charge in [0.25, 0.3) is 5.92 Å². The van der Waals surface area contributed by atoms with Crippen LogP contribution in [0.15, 0.2) is 18.2 Å². The highest BCUT2D eigenvalue weighted by molar-refractivity contribution is 6.30. The van der Waals surface area contributed by atoms with Crippen molar-refractivity contribution in [2.75, 3.05) is 11.9 Å². The molecule has 0 amide bonds. The van der Waals surface area contributed by atoms with Crippen molar-refractivity contribution in [1.29, 1.82) is 0 Å². The molecular formula is C9H8ClF2N. The Kier molecular flexibility index (Phi) is 1.91. The second kappa shape index (κ2) is 2.84. The van der Waals surface area contributed by atoms with Crippen molar-refractivity contribution in [1.82, 2.24) is 0 Å². The van der Waals surface area contributed by atoms with Gasteiger partial charge in [0.05, 0.1) is 0 Å². The van der Waals surface area contributed by atoms with E-state index in [4.69, 9.17) is 11.6 Å². The molecule has 13 heavy (non-hydrogen) atoms. The van der Waals surface area contributed by atoms with E-state index in [0.29, 0.717) is 17.3 Å². The van der Waals surface area contributed by atoms with Crippen LogP contribution in [0, 0.1) is 0 Å². The van der Waals surface area contributed by atoms with E-state index >= 15 is 0 Å². The summed E-state index contributed by atoms with van der Waals surface area (Å²) in [6, 6.07) is 4.52. The largest absolute Gasteiger partial charge is 0.384 e. The SMILES string of the molecule is FC1(F)CCNc2ccc(Cl)cc21. The number of fused-ring (bicyclic) bond motifs is 1. The molecule has 70 valence electrons. The molecule has 2 rings (SSSR count). The number of anilines is 1. The van der Waals surface area contributed by atoms with Crippen molar-refractivity contribution < 1.29 is 8.78 Å².